The number of hydrogen-bond acceptors (Lipinski definition) is 2. The van der Waals surface area contributed by atoms with Gasteiger partial charge in [0.05, 0.1) is 21.8 Å². The van der Waals surface area contributed by atoms with Gasteiger partial charge in [0.2, 0.25) is 0 Å². The Morgan fingerprint density at radius 2 is 1.22 bits per heavy atom. The lowest BCUT2D eigenvalue weighted by Gasteiger charge is -2.40. The van der Waals surface area contributed by atoms with Crippen molar-refractivity contribution < 1.29 is 8.95 Å². The van der Waals surface area contributed by atoms with Crippen LogP contribution in [0.1, 0.15) is 78.1 Å². The van der Waals surface area contributed by atoms with Gasteiger partial charge in [0.25, 0.3) is 0 Å². The van der Waals surface area contributed by atoms with Gasteiger partial charge in [-0.2, -0.15) is 0 Å². The van der Waals surface area contributed by atoms with Gasteiger partial charge in [0.15, 0.2) is 0 Å². The lowest BCUT2D eigenvalue weighted by Crippen LogP contribution is -2.41. The Bertz CT molecular complexity index is 1510. The molecule has 1 heterocycles. The van der Waals surface area contributed by atoms with Gasteiger partial charge in [-0.1, -0.05) is 132 Å². The lowest BCUT2D eigenvalue weighted by molar-refractivity contribution is 0.297. The molecule has 0 radical (unpaired) electrons. The summed E-state index contributed by atoms with van der Waals surface area (Å²) in [4.78, 5) is 0. The zero-order valence-corrected chi connectivity index (χ0v) is 27.2. The van der Waals surface area contributed by atoms with Crippen LogP contribution in [0.3, 0.4) is 0 Å². The third-order valence-corrected chi connectivity index (χ3v) is 11.8. The predicted molar refractivity (Wildman–Crippen MR) is 177 cm³/mol. The number of para-hydroxylation sites is 2. The Balaban J connectivity index is 1.71. The first kappa shape index (κ1) is 29.7. The lowest BCUT2D eigenvalue weighted by atomic mass is 9.73. The van der Waals surface area contributed by atoms with E-state index in [1.165, 1.54) is 21.5 Å². The molecule has 41 heavy (non-hydrogen) atoms. The van der Waals surface area contributed by atoms with Gasteiger partial charge in [0, 0.05) is 27.4 Å². The highest BCUT2D eigenvalue weighted by Crippen LogP contribution is 2.53. The molecule has 5 rings (SSSR count). The van der Waals surface area contributed by atoms with Crippen LogP contribution in [0.25, 0.3) is 0 Å². The van der Waals surface area contributed by atoms with E-state index in [0.717, 1.165) is 22.6 Å². The van der Waals surface area contributed by atoms with E-state index in [2.05, 4.69) is 136 Å². The van der Waals surface area contributed by atoms with E-state index in [0.29, 0.717) is 0 Å². The average Bonchev–Trinajstić information content (AvgIpc) is 2.92. The van der Waals surface area contributed by atoms with Crippen LogP contribution in [-0.2, 0) is 16.4 Å². The summed E-state index contributed by atoms with van der Waals surface area (Å²) in [5.41, 5.74) is 2.90. The van der Waals surface area contributed by atoms with Crippen LogP contribution in [0.4, 0.5) is 0 Å². The molecule has 0 spiro atoms. The molecule has 1 aliphatic heterocycles. The van der Waals surface area contributed by atoms with E-state index in [9.17, 15) is 4.21 Å². The maximum atomic E-state index is 13.4. The Hall–Kier alpha value is -2.78. The predicted octanol–water partition coefficient (Wildman–Crippen LogP) is 8.02. The number of benzene rings is 4. The molecule has 2 atom stereocenters. The van der Waals surface area contributed by atoms with E-state index < -0.39 is 18.9 Å². The number of rotatable bonds is 6. The van der Waals surface area contributed by atoms with Gasteiger partial charge in [-0.05, 0) is 44.7 Å². The molecule has 3 nitrogen and oxygen atoms in total. The Kier molecular flexibility index (Phi) is 8.07. The van der Waals surface area contributed by atoms with E-state index in [1.54, 1.807) is 0 Å². The van der Waals surface area contributed by atoms with Crippen molar-refractivity contribution in [2.75, 3.05) is 0 Å². The van der Waals surface area contributed by atoms with Gasteiger partial charge in [-0.15, -0.1) is 0 Å². The zero-order chi connectivity index (χ0) is 29.6. The first-order valence-corrected chi connectivity index (χ1v) is 16.8. The van der Waals surface area contributed by atoms with Gasteiger partial charge < -0.3 is 4.74 Å². The van der Waals surface area contributed by atoms with Crippen LogP contribution in [-0.4, -0.2) is 8.96 Å². The van der Waals surface area contributed by atoms with Crippen LogP contribution >= 0.6 is 7.92 Å². The first-order valence-electron chi connectivity index (χ1n) is 14.3. The highest BCUT2D eigenvalue weighted by atomic mass is 32.2. The molecule has 5 heteroatoms. The minimum absolute atomic E-state index is 0.174. The van der Waals surface area contributed by atoms with Crippen LogP contribution in [0.15, 0.2) is 97.1 Å². The number of nitrogens with one attached hydrogen (secondary N) is 1. The molecule has 0 saturated heterocycles. The standard InChI is InChI=1S/C36H42NO2PS/c1-34(2,3)33(37-41(38)35(4,5)6)27-21-15-22-28-31(27)39-32-29(36(28,7)8)23-16-24-30(32)40(25-17-11-9-12-18-25)26-19-13-10-14-20-26/h9-24,33,37H,1-8H3/t33-,41+/m1/s1. The maximum absolute atomic E-state index is 13.4. The first-order chi connectivity index (χ1) is 19.3. The molecule has 214 valence electrons. The fourth-order valence-corrected chi connectivity index (χ4v) is 8.96. The van der Waals surface area contributed by atoms with Gasteiger partial charge >= 0.3 is 0 Å². The van der Waals surface area contributed by atoms with Crippen molar-refractivity contribution in [3.8, 4) is 11.5 Å². The highest BCUT2D eigenvalue weighted by molar-refractivity contribution is 7.84. The van der Waals surface area contributed by atoms with Crippen molar-refractivity contribution in [2.45, 2.75) is 71.6 Å². The molecular formula is C36H42NO2PS. The van der Waals surface area contributed by atoms with E-state index >= 15 is 0 Å². The number of ether oxygens (including phenoxy) is 1. The van der Waals surface area contributed by atoms with Crippen molar-refractivity contribution in [3.05, 3.63) is 114 Å². The van der Waals surface area contributed by atoms with Crippen molar-refractivity contribution in [1.29, 1.82) is 0 Å². The summed E-state index contributed by atoms with van der Waals surface area (Å²) in [5, 5.41) is 3.79. The molecule has 0 aliphatic carbocycles. The smallest absolute Gasteiger partial charge is 0.139 e. The molecule has 0 amide bonds. The monoisotopic (exact) mass is 583 g/mol. The minimum atomic E-state index is -1.24. The van der Waals surface area contributed by atoms with Crippen molar-refractivity contribution in [1.82, 2.24) is 4.72 Å². The van der Waals surface area contributed by atoms with E-state index in [1.807, 2.05) is 20.8 Å². The molecule has 1 N–H and O–H groups in total. The van der Waals surface area contributed by atoms with Crippen LogP contribution < -0.4 is 25.4 Å². The maximum Gasteiger partial charge on any atom is 0.139 e. The van der Waals surface area contributed by atoms with E-state index in [4.69, 9.17) is 4.74 Å². The number of hydrogen-bond donors (Lipinski definition) is 1. The third kappa shape index (κ3) is 5.80. The number of fused-ring (bicyclic) bond motifs is 2. The second kappa shape index (κ2) is 11.1. The second-order valence-electron chi connectivity index (χ2n) is 13.4. The zero-order valence-electron chi connectivity index (χ0n) is 25.5. The summed E-state index contributed by atoms with van der Waals surface area (Å²) in [7, 11) is -2.10. The Morgan fingerprint density at radius 1 is 0.707 bits per heavy atom. The SMILES string of the molecule is CC1(C)c2cccc([C@@H](N[S@@](=O)C(C)(C)C)C(C)(C)C)c2Oc2c(P(c3ccccc3)c3ccccc3)cccc21. The molecule has 0 aromatic heterocycles. The summed E-state index contributed by atoms with van der Waals surface area (Å²) in [6.45, 7) is 17.2. The van der Waals surface area contributed by atoms with Crippen LogP contribution in [0.5, 0.6) is 11.5 Å². The van der Waals surface area contributed by atoms with E-state index in [-0.39, 0.29) is 21.6 Å². The van der Waals surface area contributed by atoms with Crippen LogP contribution in [0.2, 0.25) is 0 Å². The molecule has 1 aliphatic rings. The molecule has 0 bridgehead atoms. The van der Waals surface area contributed by atoms with Crippen LogP contribution in [0, 0.1) is 5.41 Å². The summed E-state index contributed by atoms with van der Waals surface area (Å²) in [5.74, 6) is 1.83. The van der Waals surface area contributed by atoms with Gasteiger partial charge in [-0.25, -0.2) is 8.93 Å². The fourth-order valence-electron chi connectivity index (χ4n) is 5.51. The molecular weight excluding hydrogens is 541 g/mol. The third-order valence-electron chi connectivity index (χ3n) is 7.82. The molecule has 0 saturated carbocycles. The highest BCUT2D eigenvalue weighted by Gasteiger charge is 2.41. The summed E-state index contributed by atoms with van der Waals surface area (Å²) in [6, 6.07) is 34.5. The summed E-state index contributed by atoms with van der Waals surface area (Å²) >= 11 is 0. The fraction of sp³-hybridized carbons (Fsp3) is 0.333. The summed E-state index contributed by atoms with van der Waals surface area (Å²) < 4.78 is 23.6. The Morgan fingerprint density at radius 3 is 1.73 bits per heavy atom. The molecule has 4 aromatic carbocycles. The van der Waals surface area contributed by atoms with Crippen molar-refractivity contribution in [3.63, 3.8) is 0 Å². The van der Waals surface area contributed by atoms with Crippen molar-refractivity contribution >= 4 is 34.8 Å². The van der Waals surface area contributed by atoms with Crippen molar-refractivity contribution in [2.24, 2.45) is 5.41 Å². The Labute approximate surface area is 250 Å². The summed E-state index contributed by atoms with van der Waals surface area (Å²) in [6.07, 6.45) is 0. The molecule has 4 aromatic rings. The molecule has 0 fully saturated rings. The normalized spacial score (nSPS) is 15.9. The quantitative estimate of drug-likeness (QED) is 0.234. The van der Waals surface area contributed by atoms with Gasteiger partial charge in [0.1, 0.15) is 11.5 Å². The minimum Gasteiger partial charge on any atom is -0.456 e. The molecule has 0 unspecified atom stereocenters. The van der Waals surface area contributed by atoms with Gasteiger partial charge in [-0.3, -0.25) is 0 Å². The largest absolute Gasteiger partial charge is 0.456 e. The topological polar surface area (TPSA) is 38.3 Å². The average molecular weight is 584 g/mol. The second-order valence-corrected chi connectivity index (χ2v) is 17.6.